The Morgan fingerprint density at radius 2 is 2.06 bits per heavy atom. The molecule has 0 aliphatic carbocycles. The molecule has 2 aliphatic heterocycles. The Balaban J connectivity index is 1.65. The van der Waals surface area contributed by atoms with Gasteiger partial charge in [-0.05, 0) is 43.7 Å². The first-order chi connectivity index (χ1) is 16.3. The molecule has 11 heteroatoms. The molecule has 2 aliphatic rings. The predicted octanol–water partition coefficient (Wildman–Crippen LogP) is 5.39. The van der Waals surface area contributed by atoms with Crippen LogP contribution in [-0.4, -0.2) is 33.3 Å². The van der Waals surface area contributed by atoms with Gasteiger partial charge in [0.2, 0.25) is 0 Å². The number of nitrogens with one attached hydrogen (secondary N) is 1. The highest BCUT2D eigenvalue weighted by Crippen LogP contribution is 2.39. The number of fused-ring (bicyclic) bond motifs is 1. The highest BCUT2D eigenvalue weighted by Gasteiger charge is 2.33. The van der Waals surface area contributed by atoms with Gasteiger partial charge in [0.25, 0.3) is 11.6 Å². The molecule has 0 unspecified atom stereocenters. The molecule has 1 amide bonds. The molecule has 34 heavy (non-hydrogen) atoms. The van der Waals surface area contributed by atoms with Crippen molar-refractivity contribution in [3.63, 3.8) is 0 Å². The van der Waals surface area contributed by atoms with Gasteiger partial charge >= 0.3 is 0 Å². The van der Waals surface area contributed by atoms with Gasteiger partial charge in [-0.15, -0.1) is 0 Å². The Bertz CT molecular complexity index is 1300. The maximum absolute atomic E-state index is 12.6. The van der Waals surface area contributed by atoms with Crippen LogP contribution in [0.5, 0.6) is 11.5 Å². The Kier molecular flexibility index (Phi) is 6.71. The minimum Gasteiger partial charge on any atom is -0.490 e. The van der Waals surface area contributed by atoms with Crippen LogP contribution < -0.4 is 9.47 Å². The molecule has 9 nitrogen and oxygen atoms in total. The molecule has 2 aromatic carbocycles. The molecule has 1 N–H and O–H groups in total. The number of nitro benzene ring substituents is 1. The number of rotatable bonds is 7. The monoisotopic (exact) mass is 498 g/mol. The molecule has 0 radical (unpaired) electrons. The van der Waals surface area contributed by atoms with E-state index in [0.717, 1.165) is 4.91 Å². The maximum Gasteiger partial charge on any atom is 0.283 e. The van der Waals surface area contributed by atoms with Crippen LogP contribution in [0.3, 0.4) is 0 Å². The number of carbonyl (C=O) groups is 1. The topological polar surface area (TPSA) is 118 Å². The van der Waals surface area contributed by atoms with Crippen molar-refractivity contribution < 1.29 is 19.2 Å². The summed E-state index contributed by atoms with van der Waals surface area (Å²) < 4.78 is 11.5. The fourth-order valence-corrected chi connectivity index (χ4v) is 4.49. The third-order valence-corrected chi connectivity index (χ3v) is 6.07. The largest absolute Gasteiger partial charge is 0.490 e. The molecule has 0 spiro atoms. The van der Waals surface area contributed by atoms with Gasteiger partial charge in [0.05, 0.1) is 27.7 Å². The van der Waals surface area contributed by atoms with Gasteiger partial charge in [-0.3, -0.25) is 25.2 Å². The van der Waals surface area contributed by atoms with Crippen LogP contribution in [-0.2, 0) is 11.4 Å². The summed E-state index contributed by atoms with van der Waals surface area (Å²) in [4.78, 5) is 29.9. The van der Waals surface area contributed by atoms with E-state index in [9.17, 15) is 14.9 Å². The number of allylic oxidation sites excluding steroid dienone is 1. The van der Waals surface area contributed by atoms with Crippen molar-refractivity contribution in [2.45, 2.75) is 20.5 Å². The zero-order chi connectivity index (χ0) is 24.4. The summed E-state index contributed by atoms with van der Waals surface area (Å²) >= 11 is 7.81. The van der Waals surface area contributed by atoms with Gasteiger partial charge in [0, 0.05) is 17.2 Å². The zero-order valence-corrected chi connectivity index (χ0v) is 19.8. The van der Waals surface area contributed by atoms with E-state index in [1.165, 1.54) is 23.9 Å². The van der Waals surface area contributed by atoms with E-state index in [4.69, 9.17) is 26.5 Å². The summed E-state index contributed by atoms with van der Waals surface area (Å²) in [5, 5.41) is 20.4. The van der Waals surface area contributed by atoms with Crippen molar-refractivity contribution in [1.29, 1.82) is 5.41 Å². The zero-order valence-electron chi connectivity index (χ0n) is 18.2. The minimum absolute atomic E-state index is 0.0187. The third-order valence-electron chi connectivity index (χ3n) is 4.90. The minimum atomic E-state index is -0.516. The smallest absolute Gasteiger partial charge is 0.283 e. The standard InChI is InChI=1S/C23H19ClN4O5S/c1-3-32-19-10-14(8-16-21(25)27-11-13(2)34-23(27)26-22(16)29)9-17(24)20(19)33-12-15-6-4-5-7-18(15)28(30)31/h4-11,25H,3,12H2,1-2H3/b16-8-,25-21?. The molecule has 0 saturated heterocycles. The van der Waals surface area contributed by atoms with Crippen LogP contribution >= 0.6 is 23.4 Å². The molecule has 0 saturated carbocycles. The number of hydrogen-bond donors (Lipinski definition) is 1. The first-order valence-electron chi connectivity index (χ1n) is 10.2. The molecular formula is C23H19ClN4O5S. The summed E-state index contributed by atoms with van der Waals surface area (Å²) in [6, 6.07) is 9.48. The number of aliphatic imine (C=N–C) groups is 1. The Labute approximate surface area is 204 Å². The second kappa shape index (κ2) is 9.70. The highest BCUT2D eigenvalue weighted by molar-refractivity contribution is 8.17. The summed E-state index contributed by atoms with van der Waals surface area (Å²) in [6.07, 6.45) is 3.28. The summed E-state index contributed by atoms with van der Waals surface area (Å²) in [7, 11) is 0. The lowest BCUT2D eigenvalue weighted by Crippen LogP contribution is -2.35. The average molecular weight is 499 g/mol. The first-order valence-corrected chi connectivity index (χ1v) is 11.4. The van der Waals surface area contributed by atoms with Crippen LogP contribution in [0.25, 0.3) is 6.08 Å². The van der Waals surface area contributed by atoms with Crippen LogP contribution in [0.15, 0.2) is 58.1 Å². The average Bonchev–Trinajstić information content (AvgIpc) is 3.16. The van der Waals surface area contributed by atoms with Crippen molar-refractivity contribution in [1.82, 2.24) is 4.90 Å². The van der Waals surface area contributed by atoms with E-state index < -0.39 is 10.8 Å². The predicted molar refractivity (Wildman–Crippen MR) is 131 cm³/mol. The Morgan fingerprint density at radius 1 is 1.29 bits per heavy atom. The van der Waals surface area contributed by atoms with E-state index >= 15 is 0 Å². The number of ether oxygens (including phenoxy) is 2. The van der Waals surface area contributed by atoms with Gasteiger partial charge in [0.1, 0.15) is 12.4 Å². The lowest BCUT2D eigenvalue weighted by molar-refractivity contribution is -0.385. The fraction of sp³-hybridized carbons (Fsp3) is 0.174. The SMILES string of the molecule is CCOc1cc(/C=C2/C(=N)N3C=C(C)SC3=NC2=O)cc(Cl)c1OCc1ccccc1[N+](=O)[O-]. The van der Waals surface area contributed by atoms with Crippen molar-refractivity contribution in [2.75, 3.05) is 6.61 Å². The number of amidine groups is 2. The number of para-hydroxylation sites is 1. The van der Waals surface area contributed by atoms with E-state index in [0.29, 0.717) is 28.7 Å². The fourth-order valence-electron chi connectivity index (χ4n) is 3.40. The summed E-state index contributed by atoms with van der Waals surface area (Å²) in [5.41, 5.74) is 0.962. The van der Waals surface area contributed by atoms with Crippen LogP contribution in [0, 0.1) is 15.5 Å². The van der Waals surface area contributed by atoms with Crippen LogP contribution in [0.1, 0.15) is 25.0 Å². The Morgan fingerprint density at radius 3 is 2.79 bits per heavy atom. The molecule has 0 aromatic heterocycles. The lowest BCUT2D eigenvalue weighted by atomic mass is 10.1. The van der Waals surface area contributed by atoms with E-state index in [2.05, 4.69) is 4.99 Å². The third kappa shape index (κ3) is 4.68. The molecule has 0 bridgehead atoms. The second-order valence-corrected chi connectivity index (χ2v) is 8.88. The molecule has 174 valence electrons. The van der Waals surface area contributed by atoms with E-state index in [1.807, 2.05) is 6.92 Å². The second-order valence-electron chi connectivity index (χ2n) is 7.26. The van der Waals surface area contributed by atoms with Gasteiger partial charge in [-0.25, -0.2) is 0 Å². The Hall–Kier alpha value is -3.63. The van der Waals surface area contributed by atoms with Crippen LogP contribution in [0.4, 0.5) is 5.69 Å². The number of benzene rings is 2. The number of halogens is 1. The van der Waals surface area contributed by atoms with E-state index in [-0.39, 0.29) is 34.5 Å². The quantitative estimate of drug-likeness (QED) is 0.308. The van der Waals surface area contributed by atoms with Gasteiger partial charge in [-0.1, -0.05) is 35.5 Å². The lowest BCUT2D eigenvalue weighted by Gasteiger charge is -2.22. The molecule has 2 aromatic rings. The number of thioether (sulfide) groups is 1. The van der Waals surface area contributed by atoms with Gasteiger partial charge < -0.3 is 9.47 Å². The number of nitrogens with zero attached hydrogens (tertiary/aromatic N) is 3. The van der Waals surface area contributed by atoms with Crippen molar-refractivity contribution in [3.8, 4) is 11.5 Å². The summed E-state index contributed by atoms with van der Waals surface area (Å²) in [6.45, 7) is 3.90. The molecule has 0 fully saturated rings. The molecular weight excluding hydrogens is 480 g/mol. The van der Waals surface area contributed by atoms with Crippen molar-refractivity contribution in [3.05, 3.63) is 79.3 Å². The molecule has 2 heterocycles. The van der Waals surface area contributed by atoms with Crippen LogP contribution in [0.2, 0.25) is 5.02 Å². The number of nitro groups is 1. The number of hydrogen-bond acceptors (Lipinski definition) is 7. The molecule has 4 rings (SSSR count). The summed E-state index contributed by atoms with van der Waals surface area (Å²) in [5.74, 6) is 0.0401. The van der Waals surface area contributed by atoms with Crippen molar-refractivity contribution in [2.24, 2.45) is 4.99 Å². The first kappa shape index (κ1) is 23.5. The van der Waals surface area contributed by atoms with Gasteiger partial charge in [-0.2, -0.15) is 4.99 Å². The number of carbonyl (C=O) groups excluding carboxylic acids is 1. The number of amides is 1. The van der Waals surface area contributed by atoms with E-state index in [1.54, 1.807) is 48.4 Å². The maximum atomic E-state index is 12.6. The highest BCUT2D eigenvalue weighted by atomic mass is 35.5. The normalized spacial score (nSPS) is 16.3. The van der Waals surface area contributed by atoms with Gasteiger partial charge in [0.15, 0.2) is 16.7 Å². The van der Waals surface area contributed by atoms with Crippen molar-refractivity contribution >= 4 is 52.0 Å². The molecule has 0 atom stereocenters.